The molecule has 0 aromatic heterocycles. The summed E-state index contributed by atoms with van der Waals surface area (Å²) in [6.45, 7) is 5.36. The number of hydrogen-bond acceptors (Lipinski definition) is 4. The van der Waals surface area contributed by atoms with Gasteiger partial charge in [0.05, 0.1) is 19.8 Å². The SMILES string of the molecule is CCCOc1ccc(C(=O)N2C[C@@H]3CCOC[C@]3(CO)C2)cc1. The van der Waals surface area contributed by atoms with E-state index in [0.717, 1.165) is 25.2 Å². The van der Waals surface area contributed by atoms with E-state index in [1.165, 1.54) is 0 Å². The lowest BCUT2D eigenvalue weighted by Gasteiger charge is -2.36. The zero-order valence-electron chi connectivity index (χ0n) is 13.7. The molecule has 3 rings (SSSR count). The van der Waals surface area contributed by atoms with Crippen molar-refractivity contribution in [3.05, 3.63) is 29.8 Å². The van der Waals surface area contributed by atoms with Gasteiger partial charge in [0.1, 0.15) is 5.75 Å². The molecule has 0 aliphatic carbocycles. The Morgan fingerprint density at radius 2 is 2.22 bits per heavy atom. The highest BCUT2D eigenvalue weighted by Gasteiger charge is 2.49. The zero-order valence-corrected chi connectivity index (χ0v) is 13.7. The van der Waals surface area contributed by atoms with Gasteiger partial charge in [0.25, 0.3) is 5.91 Å². The maximum absolute atomic E-state index is 12.7. The quantitative estimate of drug-likeness (QED) is 0.901. The number of carbonyl (C=O) groups excluding carboxylic acids is 1. The van der Waals surface area contributed by atoms with Crippen LogP contribution < -0.4 is 4.74 Å². The topological polar surface area (TPSA) is 59.0 Å². The third-order valence-corrected chi connectivity index (χ3v) is 4.99. The number of hydrogen-bond donors (Lipinski definition) is 1. The van der Waals surface area contributed by atoms with Gasteiger partial charge in [-0.25, -0.2) is 0 Å². The van der Waals surface area contributed by atoms with Gasteiger partial charge in [0, 0.05) is 30.7 Å². The molecular weight excluding hydrogens is 294 g/mol. The summed E-state index contributed by atoms with van der Waals surface area (Å²) in [4.78, 5) is 14.6. The Kier molecular flexibility index (Phi) is 4.87. The van der Waals surface area contributed by atoms with E-state index in [2.05, 4.69) is 6.92 Å². The van der Waals surface area contributed by atoms with Crippen LogP contribution in [0, 0.1) is 11.3 Å². The predicted octanol–water partition coefficient (Wildman–Crippen LogP) is 1.95. The lowest BCUT2D eigenvalue weighted by atomic mass is 9.76. The van der Waals surface area contributed by atoms with Crippen molar-refractivity contribution in [2.75, 3.05) is 39.5 Å². The number of aliphatic hydroxyl groups is 1. The Hall–Kier alpha value is -1.59. The second kappa shape index (κ2) is 6.89. The van der Waals surface area contributed by atoms with Gasteiger partial charge >= 0.3 is 0 Å². The molecule has 2 fully saturated rings. The number of aliphatic hydroxyl groups excluding tert-OH is 1. The fraction of sp³-hybridized carbons (Fsp3) is 0.611. The fourth-order valence-corrected chi connectivity index (χ4v) is 3.57. The first kappa shape index (κ1) is 16.3. The first-order chi connectivity index (χ1) is 11.2. The number of rotatable bonds is 5. The molecular formula is C18H25NO4. The molecule has 2 aliphatic heterocycles. The smallest absolute Gasteiger partial charge is 0.253 e. The monoisotopic (exact) mass is 319 g/mol. The molecule has 1 aromatic carbocycles. The van der Waals surface area contributed by atoms with Crippen molar-refractivity contribution in [2.24, 2.45) is 11.3 Å². The summed E-state index contributed by atoms with van der Waals surface area (Å²) < 4.78 is 11.1. The number of nitrogens with zero attached hydrogens (tertiary/aromatic N) is 1. The van der Waals surface area contributed by atoms with Crippen molar-refractivity contribution < 1.29 is 19.4 Å². The van der Waals surface area contributed by atoms with Gasteiger partial charge in [-0.05, 0) is 43.0 Å². The maximum atomic E-state index is 12.7. The van der Waals surface area contributed by atoms with Crippen molar-refractivity contribution in [1.82, 2.24) is 4.90 Å². The molecule has 0 unspecified atom stereocenters. The summed E-state index contributed by atoms with van der Waals surface area (Å²) in [5.41, 5.74) is 0.388. The Balaban J connectivity index is 1.68. The Bertz CT molecular complexity index is 544. The fourth-order valence-electron chi connectivity index (χ4n) is 3.57. The number of amides is 1. The summed E-state index contributed by atoms with van der Waals surface area (Å²) in [7, 11) is 0. The summed E-state index contributed by atoms with van der Waals surface area (Å²) in [6, 6.07) is 7.32. The second-order valence-corrected chi connectivity index (χ2v) is 6.62. The first-order valence-electron chi connectivity index (χ1n) is 8.39. The van der Waals surface area contributed by atoms with Crippen LogP contribution in [0.1, 0.15) is 30.1 Å². The summed E-state index contributed by atoms with van der Waals surface area (Å²) in [5.74, 6) is 1.14. The molecule has 0 spiro atoms. The molecule has 0 saturated carbocycles. The molecule has 5 heteroatoms. The third-order valence-electron chi connectivity index (χ3n) is 4.99. The summed E-state index contributed by atoms with van der Waals surface area (Å²) >= 11 is 0. The van der Waals surface area contributed by atoms with E-state index in [1.807, 2.05) is 29.2 Å². The minimum atomic E-state index is -0.280. The van der Waals surface area contributed by atoms with E-state index in [9.17, 15) is 9.90 Å². The Labute approximate surface area is 137 Å². The number of likely N-dealkylation sites (tertiary alicyclic amines) is 1. The van der Waals surface area contributed by atoms with Crippen molar-refractivity contribution in [3.8, 4) is 5.75 Å². The van der Waals surface area contributed by atoms with Crippen LogP contribution in [0.4, 0.5) is 0 Å². The molecule has 1 amide bonds. The average molecular weight is 319 g/mol. The lowest BCUT2D eigenvalue weighted by Crippen LogP contribution is -2.43. The number of carbonyl (C=O) groups is 1. The van der Waals surface area contributed by atoms with Gasteiger partial charge < -0.3 is 19.5 Å². The van der Waals surface area contributed by atoms with Crippen LogP contribution in [-0.2, 0) is 4.74 Å². The summed E-state index contributed by atoms with van der Waals surface area (Å²) in [6.07, 6.45) is 1.87. The highest BCUT2D eigenvalue weighted by molar-refractivity contribution is 5.94. The standard InChI is InChI=1S/C18H25NO4/c1-2-8-23-16-5-3-14(4-6-16)17(21)19-10-15-7-9-22-13-18(15,11-19)12-20/h3-6,15,20H,2,7-13H2,1H3/t15-,18+/m0/s1. The molecule has 23 heavy (non-hydrogen) atoms. The number of benzene rings is 1. The van der Waals surface area contributed by atoms with Gasteiger partial charge in [0.15, 0.2) is 0 Å². The predicted molar refractivity (Wildman–Crippen MR) is 86.6 cm³/mol. The van der Waals surface area contributed by atoms with Crippen LogP contribution in [0.3, 0.4) is 0 Å². The first-order valence-corrected chi connectivity index (χ1v) is 8.39. The maximum Gasteiger partial charge on any atom is 0.253 e. The van der Waals surface area contributed by atoms with E-state index in [1.54, 1.807) is 0 Å². The molecule has 2 atom stereocenters. The highest BCUT2D eigenvalue weighted by Crippen LogP contribution is 2.41. The van der Waals surface area contributed by atoms with Gasteiger partial charge in [-0.15, -0.1) is 0 Å². The average Bonchev–Trinajstić information content (AvgIpc) is 3.00. The Morgan fingerprint density at radius 3 is 2.87 bits per heavy atom. The summed E-state index contributed by atoms with van der Waals surface area (Å²) in [5, 5.41) is 9.81. The largest absolute Gasteiger partial charge is 0.494 e. The minimum Gasteiger partial charge on any atom is -0.494 e. The van der Waals surface area contributed by atoms with E-state index in [0.29, 0.717) is 37.8 Å². The van der Waals surface area contributed by atoms with Crippen molar-refractivity contribution in [2.45, 2.75) is 19.8 Å². The number of ether oxygens (including phenoxy) is 2. The van der Waals surface area contributed by atoms with E-state index in [-0.39, 0.29) is 17.9 Å². The number of fused-ring (bicyclic) bond motifs is 1. The van der Waals surface area contributed by atoms with Gasteiger partial charge in [-0.3, -0.25) is 4.79 Å². The highest BCUT2D eigenvalue weighted by atomic mass is 16.5. The van der Waals surface area contributed by atoms with Crippen LogP contribution in [0.5, 0.6) is 5.75 Å². The van der Waals surface area contributed by atoms with E-state index in [4.69, 9.17) is 9.47 Å². The Morgan fingerprint density at radius 1 is 1.43 bits per heavy atom. The second-order valence-electron chi connectivity index (χ2n) is 6.62. The van der Waals surface area contributed by atoms with Crippen LogP contribution >= 0.6 is 0 Å². The zero-order chi connectivity index (χ0) is 16.3. The van der Waals surface area contributed by atoms with Crippen molar-refractivity contribution in [3.63, 3.8) is 0 Å². The van der Waals surface area contributed by atoms with Crippen molar-refractivity contribution in [1.29, 1.82) is 0 Å². The van der Waals surface area contributed by atoms with Gasteiger partial charge in [-0.1, -0.05) is 6.92 Å². The van der Waals surface area contributed by atoms with Crippen LogP contribution in [0.15, 0.2) is 24.3 Å². The van der Waals surface area contributed by atoms with E-state index < -0.39 is 0 Å². The molecule has 0 bridgehead atoms. The van der Waals surface area contributed by atoms with Crippen LogP contribution in [-0.4, -0.2) is 55.4 Å². The molecule has 1 aromatic rings. The molecule has 1 N–H and O–H groups in total. The normalized spacial score (nSPS) is 26.9. The molecule has 2 aliphatic rings. The molecule has 2 saturated heterocycles. The minimum absolute atomic E-state index is 0.0225. The van der Waals surface area contributed by atoms with Crippen molar-refractivity contribution >= 4 is 5.91 Å². The van der Waals surface area contributed by atoms with E-state index >= 15 is 0 Å². The van der Waals surface area contributed by atoms with Gasteiger partial charge in [0.2, 0.25) is 0 Å². The molecule has 2 heterocycles. The van der Waals surface area contributed by atoms with Gasteiger partial charge in [-0.2, -0.15) is 0 Å². The molecule has 0 radical (unpaired) electrons. The van der Waals surface area contributed by atoms with Crippen LogP contribution in [0.25, 0.3) is 0 Å². The molecule has 5 nitrogen and oxygen atoms in total. The lowest BCUT2D eigenvalue weighted by molar-refractivity contribution is -0.0556. The molecule has 126 valence electrons. The van der Waals surface area contributed by atoms with Crippen LogP contribution in [0.2, 0.25) is 0 Å². The third kappa shape index (κ3) is 3.21.